The van der Waals surface area contributed by atoms with Gasteiger partial charge < -0.3 is 5.32 Å². The van der Waals surface area contributed by atoms with E-state index >= 15 is 0 Å². The van der Waals surface area contributed by atoms with Crippen LogP contribution in [0, 0.1) is 0 Å². The zero-order chi connectivity index (χ0) is 16.6. The summed E-state index contributed by atoms with van der Waals surface area (Å²) in [4.78, 5) is 26.3. The van der Waals surface area contributed by atoms with Crippen LogP contribution in [0.2, 0.25) is 10.0 Å². The lowest BCUT2D eigenvalue weighted by Gasteiger charge is -2.22. The third kappa shape index (κ3) is 2.69. The van der Waals surface area contributed by atoms with Gasteiger partial charge in [-0.3, -0.25) is 9.69 Å². The lowest BCUT2D eigenvalue weighted by atomic mass is 9.92. The summed E-state index contributed by atoms with van der Waals surface area (Å²) in [6.07, 6.45) is 0. The van der Waals surface area contributed by atoms with Crippen LogP contribution < -0.4 is 5.32 Å². The van der Waals surface area contributed by atoms with E-state index in [1.165, 1.54) is 0 Å². The second-order valence-corrected chi connectivity index (χ2v) is 6.33. The molecule has 0 spiro atoms. The summed E-state index contributed by atoms with van der Waals surface area (Å²) in [6.45, 7) is 1.72. The number of rotatable bonds is 3. The van der Waals surface area contributed by atoms with Crippen LogP contribution in [0.4, 0.5) is 4.79 Å². The number of hydrogen-bond acceptors (Lipinski definition) is 2. The molecule has 0 aliphatic carbocycles. The summed E-state index contributed by atoms with van der Waals surface area (Å²) in [7, 11) is 0. The van der Waals surface area contributed by atoms with Gasteiger partial charge in [-0.05, 0) is 24.6 Å². The van der Waals surface area contributed by atoms with E-state index in [1.807, 2.05) is 30.3 Å². The zero-order valence-corrected chi connectivity index (χ0v) is 13.9. The first-order valence-electron chi connectivity index (χ1n) is 7.06. The Morgan fingerprint density at radius 2 is 1.61 bits per heavy atom. The topological polar surface area (TPSA) is 49.4 Å². The predicted octanol–water partition coefficient (Wildman–Crippen LogP) is 3.96. The molecule has 0 saturated carbocycles. The molecule has 1 saturated heterocycles. The summed E-state index contributed by atoms with van der Waals surface area (Å²) in [5.74, 6) is -0.329. The first-order valence-corrected chi connectivity index (χ1v) is 7.81. The van der Waals surface area contributed by atoms with E-state index in [1.54, 1.807) is 25.1 Å². The highest BCUT2D eigenvalue weighted by molar-refractivity contribution is 6.36. The smallest absolute Gasteiger partial charge is 0.319 e. The summed E-state index contributed by atoms with van der Waals surface area (Å²) in [6, 6.07) is 13.7. The second kappa shape index (κ2) is 5.87. The van der Waals surface area contributed by atoms with Crippen molar-refractivity contribution in [3.63, 3.8) is 0 Å². The Labute approximate surface area is 144 Å². The third-order valence-corrected chi connectivity index (χ3v) is 4.71. The standard InChI is InChI=1S/C17H14Cl2N2O2/c1-17(11-6-3-2-4-7-11)15(22)21(16(23)20-17)10-12-13(18)8-5-9-14(12)19/h2-9H,10H2,1H3,(H,20,23)/t17-/m1/s1. The van der Waals surface area contributed by atoms with Crippen molar-refractivity contribution in [2.45, 2.75) is 19.0 Å². The van der Waals surface area contributed by atoms with E-state index in [4.69, 9.17) is 23.2 Å². The van der Waals surface area contributed by atoms with Gasteiger partial charge in [0.15, 0.2) is 0 Å². The van der Waals surface area contributed by atoms with Gasteiger partial charge >= 0.3 is 6.03 Å². The number of carbonyl (C=O) groups is 2. The number of halogens is 2. The molecule has 6 heteroatoms. The summed E-state index contributed by atoms with van der Waals surface area (Å²) < 4.78 is 0. The number of imide groups is 1. The fourth-order valence-electron chi connectivity index (χ4n) is 2.65. The molecule has 1 aliphatic rings. The highest BCUT2D eigenvalue weighted by Gasteiger charge is 2.49. The van der Waals surface area contributed by atoms with Crippen LogP contribution in [-0.4, -0.2) is 16.8 Å². The Morgan fingerprint density at radius 1 is 1.00 bits per heavy atom. The summed E-state index contributed by atoms with van der Waals surface area (Å²) >= 11 is 12.3. The van der Waals surface area contributed by atoms with Gasteiger partial charge in [0.25, 0.3) is 5.91 Å². The van der Waals surface area contributed by atoms with E-state index in [2.05, 4.69) is 5.32 Å². The minimum absolute atomic E-state index is 0.0333. The van der Waals surface area contributed by atoms with Gasteiger partial charge in [-0.1, -0.05) is 59.6 Å². The number of carbonyl (C=O) groups excluding carboxylic acids is 2. The maximum atomic E-state index is 12.8. The molecule has 2 aromatic carbocycles. The fraction of sp³-hybridized carbons (Fsp3) is 0.176. The van der Waals surface area contributed by atoms with Crippen molar-refractivity contribution in [3.05, 3.63) is 69.7 Å². The van der Waals surface area contributed by atoms with Crippen molar-refractivity contribution >= 4 is 35.1 Å². The summed E-state index contributed by atoms with van der Waals surface area (Å²) in [5.41, 5.74) is 0.189. The monoisotopic (exact) mass is 348 g/mol. The first kappa shape index (κ1) is 15.8. The first-order chi connectivity index (χ1) is 10.9. The molecule has 0 radical (unpaired) electrons. The van der Waals surface area contributed by atoms with Crippen molar-refractivity contribution in [2.75, 3.05) is 0 Å². The van der Waals surface area contributed by atoms with Crippen molar-refractivity contribution in [2.24, 2.45) is 0 Å². The minimum atomic E-state index is -1.09. The maximum Gasteiger partial charge on any atom is 0.325 e. The molecule has 1 fully saturated rings. The third-order valence-electron chi connectivity index (χ3n) is 4.00. The van der Waals surface area contributed by atoms with Crippen molar-refractivity contribution < 1.29 is 9.59 Å². The van der Waals surface area contributed by atoms with Crippen molar-refractivity contribution in [1.82, 2.24) is 10.2 Å². The molecule has 0 bridgehead atoms. The van der Waals surface area contributed by atoms with Gasteiger partial charge in [0.2, 0.25) is 0 Å². The average molecular weight is 349 g/mol. The summed E-state index contributed by atoms with van der Waals surface area (Å²) in [5, 5.41) is 3.60. The Bertz CT molecular complexity index is 759. The van der Waals surface area contributed by atoms with Gasteiger partial charge in [-0.15, -0.1) is 0 Å². The molecule has 3 amide bonds. The van der Waals surface area contributed by atoms with Crippen LogP contribution in [0.5, 0.6) is 0 Å². The molecule has 1 N–H and O–H groups in total. The number of nitrogens with zero attached hydrogens (tertiary/aromatic N) is 1. The molecule has 2 aromatic rings. The highest BCUT2D eigenvalue weighted by Crippen LogP contribution is 2.32. The minimum Gasteiger partial charge on any atom is -0.319 e. The molecule has 1 aliphatic heterocycles. The Balaban J connectivity index is 1.94. The van der Waals surface area contributed by atoms with E-state index in [-0.39, 0.29) is 12.5 Å². The van der Waals surface area contributed by atoms with E-state index < -0.39 is 11.6 Å². The SMILES string of the molecule is C[C@]1(c2ccccc2)NC(=O)N(Cc2c(Cl)cccc2Cl)C1=O. The second-order valence-electron chi connectivity index (χ2n) is 5.51. The lowest BCUT2D eigenvalue weighted by Crippen LogP contribution is -2.40. The van der Waals surface area contributed by atoms with Gasteiger partial charge in [0.05, 0.1) is 6.54 Å². The zero-order valence-electron chi connectivity index (χ0n) is 12.3. The van der Waals surface area contributed by atoms with Crippen LogP contribution in [0.15, 0.2) is 48.5 Å². The number of urea groups is 1. The fourth-order valence-corrected chi connectivity index (χ4v) is 3.17. The highest BCUT2D eigenvalue weighted by atomic mass is 35.5. The van der Waals surface area contributed by atoms with Crippen LogP contribution in [0.25, 0.3) is 0 Å². The maximum absolute atomic E-state index is 12.8. The molecule has 0 aromatic heterocycles. The number of amides is 3. The van der Waals surface area contributed by atoms with Gasteiger partial charge in [0.1, 0.15) is 5.54 Å². The van der Waals surface area contributed by atoms with E-state index in [0.717, 1.165) is 10.5 Å². The molecule has 118 valence electrons. The molecule has 1 atom stereocenters. The van der Waals surface area contributed by atoms with Gasteiger partial charge in [-0.25, -0.2) is 4.79 Å². The number of hydrogen-bond donors (Lipinski definition) is 1. The van der Waals surface area contributed by atoms with E-state index in [9.17, 15) is 9.59 Å². The van der Waals surface area contributed by atoms with Gasteiger partial charge in [-0.2, -0.15) is 0 Å². The largest absolute Gasteiger partial charge is 0.325 e. The Morgan fingerprint density at radius 3 is 2.22 bits per heavy atom. The predicted molar refractivity (Wildman–Crippen MR) is 89.3 cm³/mol. The van der Waals surface area contributed by atoms with Crippen LogP contribution in [0.3, 0.4) is 0 Å². The molecule has 1 heterocycles. The van der Waals surface area contributed by atoms with Crippen LogP contribution in [0.1, 0.15) is 18.1 Å². The normalized spacial score (nSPS) is 20.7. The average Bonchev–Trinajstić information content (AvgIpc) is 2.75. The van der Waals surface area contributed by atoms with Gasteiger partial charge in [0, 0.05) is 15.6 Å². The van der Waals surface area contributed by atoms with Crippen LogP contribution >= 0.6 is 23.2 Å². The molecule has 23 heavy (non-hydrogen) atoms. The van der Waals surface area contributed by atoms with Crippen LogP contribution in [-0.2, 0) is 16.9 Å². The molecule has 4 nitrogen and oxygen atoms in total. The quantitative estimate of drug-likeness (QED) is 0.853. The van der Waals surface area contributed by atoms with Crippen molar-refractivity contribution in [1.29, 1.82) is 0 Å². The molecular weight excluding hydrogens is 335 g/mol. The molecule has 0 unspecified atom stereocenters. The van der Waals surface area contributed by atoms with E-state index in [0.29, 0.717) is 15.6 Å². The number of nitrogens with one attached hydrogen (secondary N) is 1. The molecular formula is C17H14Cl2N2O2. The Hall–Kier alpha value is -2.04. The Kier molecular flexibility index (Phi) is 4.04. The van der Waals surface area contributed by atoms with Crippen molar-refractivity contribution in [3.8, 4) is 0 Å². The number of benzene rings is 2. The molecule has 3 rings (SSSR count). The lowest BCUT2D eigenvalue weighted by molar-refractivity contribution is -0.131.